The van der Waals surface area contributed by atoms with Gasteiger partial charge < -0.3 is 10.1 Å². The van der Waals surface area contributed by atoms with Gasteiger partial charge in [-0.05, 0) is 37.3 Å². The lowest BCUT2D eigenvalue weighted by Crippen LogP contribution is -2.04. The molecule has 0 saturated heterocycles. The summed E-state index contributed by atoms with van der Waals surface area (Å²) in [5.74, 6) is 0.400. The average molecular weight is 270 g/mol. The van der Waals surface area contributed by atoms with E-state index in [9.17, 15) is 4.39 Å². The first-order valence-corrected chi connectivity index (χ1v) is 6.38. The Morgan fingerprint density at radius 1 is 1.25 bits per heavy atom. The molecule has 20 heavy (non-hydrogen) atoms. The molecular formula is C16H15FN2O. The van der Waals surface area contributed by atoms with Crippen LogP contribution < -0.4 is 10.1 Å². The van der Waals surface area contributed by atoms with Crippen LogP contribution in [0.4, 0.5) is 10.1 Å². The van der Waals surface area contributed by atoms with Gasteiger partial charge in [0, 0.05) is 12.1 Å². The molecule has 2 aromatic carbocycles. The van der Waals surface area contributed by atoms with Gasteiger partial charge in [0.25, 0.3) is 0 Å². The number of hydrogen-bond acceptors (Lipinski definition) is 3. The maximum absolute atomic E-state index is 13.7. The number of para-hydroxylation sites is 2. The first kappa shape index (κ1) is 13.9. The summed E-state index contributed by atoms with van der Waals surface area (Å²) in [5, 5.41) is 12.0. The van der Waals surface area contributed by atoms with E-state index in [4.69, 9.17) is 10.00 Å². The van der Waals surface area contributed by atoms with E-state index >= 15 is 0 Å². The van der Waals surface area contributed by atoms with Gasteiger partial charge in [-0.1, -0.05) is 12.1 Å². The minimum absolute atomic E-state index is 0.297. The zero-order valence-corrected chi connectivity index (χ0v) is 11.2. The minimum Gasteiger partial charge on any atom is -0.492 e. The van der Waals surface area contributed by atoms with Crippen molar-refractivity contribution in [3.8, 4) is 11.8 Å². The molecule has 0 radical (unpaired) electrons. The van der Waals surface area contributed by atoms with Gasteiger partial charge in [-0.15, -0.1) is 0 Å². The molecular weight excluding hydrogens is 255 g/mol. The molecule has 0 heterocycles. The van der Waals surface area contributed by atoms with Crippen LogP contribution in [0.5, 0.6) is 5.75 Å². The van der Waals surface area contributed by atoms with E-state index in [1.807, 2.05) is 37.3 Å². The zero-order valence-electron chi connectivity index (χ0n) is 11.2. The number of hydrogen-bond donors (Lipinski definition) is 1. The quantitative estimate of drug-likeness (QED) is 0.900. The highest BCUT2D eigenvalue weighted by Gasteiger charge is 2.06. The number of nitriles is 1. The van der Waals surface area contributed by atoms with E-state index in [0.29, 0.717) is 24.3 Å². The van der Waals surface area contributed by atoms with E-state index in [0.717, 1.165) is 11.4 Å². The van der Waals surface area contributed by atoms with E-state index in [1.165, 1.54) is 12.1 Å². The third kappa shape index (κ3) is 3.27. The molecule has 0 aliphatic heterocycles. The van der Waals surface area contributed by atoms with Gasteiger partial charge >= 0.3 is 0 Å². The van der Waals surface area contributed by atoms with E-state index in [1.54, 1.807) is 6.07 Å². The third-order valence-electron chi connectivity index (χ3n) is 2.83. The number of rotatable bonds is 5. The van der Waals surface area contributed by atoms with Crippen molar-refractivity contribution in [1.82, 2.24) is 0 Å². The van der Waals surface area contributed by atoms with Crippen molar-refractivity contribution in [3.63, 3.8) is 0 Å². The summed E-state index contributed by atoms with van der Waals surface area (Å²) < 4.78 is 19.2. The lowest BCUT2D eigenvalue weighted by molar-refractivity contribution is 0.341. The van der Waals surface area contributed by atoms with Crippen molar-refractivity contribution in [1.29, 1.82) is 5.26 Å². The van der Waals surface area contributed by atoms with Crippen LogP contribution in [-0.4, -0.2) is 6.61 Å². The van der Waals surface area contributed by atoms with Gasteiger partial charge in [0.1, 0.15) is 11.6 Å². The van der Waals surface area contributed by atoms with Crippen LogP contribution >= 0.6 is 0 Å². The summed E-state index contributed by atoms with van der Waals surface area (Å²) in [6, 6.07) is 13.8. The third-order valence-corrected chi connectivity index (χ3v) is 2.83. The second kappa shape index (κ2) is 6.58. The second-order valence-corrected chi connectivity index (χ2v) is 4.20. The Kier molecular flexibility index (Phi) is 4.56. The SMILES string of the molecule is CCOc1ccccc1NCc1cc(C#N)ccc1F. The molecule has 3 nitrogen and oxygen atoms in total. The predicted molar refractivity (Wildman–Crippen MR) is 76.1 cm³/mol. The molecule has 0 aliphatic carbocycles. The Morgan fingerprint density at radius 3 is 2.80 bits per heavy atom. The fourth-order valence-electron chi connectivity index (χ4n) is 1.86. The van der Waals surface area contributed by atoms with E-state index in [2.05, 4.69) is 5.32 Å². The maximum Gasteiger partial charge on any atom is 0.142 e. The maximum atomic E-state index is 13.7. The molecule has 0 atom stereocenters. The molecule has 0 aromatic heterocycles. The largest absolute Gasteiger partial charge is 0.492 e. The normalized spacial score (nSPS) is 9.85. The molecule has 0 aliphatic rings. The summed E-state index contributed by atoms with van der Waals surface area (Å²) >= 11 is 0. The van der Waals surface area contributed by atoms with Crippen LogP contribution in [0.3, 0.4) is 0 Å². The van der Waals surface area contributed by atoms with E-state index in [-0.39, 0.29) is 5.82 Å². The standard InChI is InChI=1S/C16H15FN2O/c1-2-20-16-6-4-3-5-15(16)19-11-13-9-12(10-18)7-8-14(13)17/h3-9,19H,2,11H2,1H3. The molecule has 1 N–H and O–H groups in total. The molecule has 0 unspecified atom stereocenters. The summed E-state index contributed by atoms with van der Waals surface area (Å²) in [7, 11) is 0. The summed E-state index contributed by atoms with van der Waals surface area (Å²) in [4.78, 5) is 0. The molecule has 0 saturated carbocycles. The minimum atomic E-state index is -0.328. The van der Waals surface area contributed by atoms with Gasteiger partial charge in [0.05, 0.1) is 23.9 Å². The molecule has 0 fully saturated rings. The second-order valence-electron chi connectivity index (χ2n) is 4.20. The Labute approximate surface area is 117 Å². The smallest absolute Gasteiger partial charge is 0.142 e. The van der Waals surface area contributed by atoms with Crippen molar-refractivity contribution in [2.75, 3.05) is 11.9 Å². The lowest BCUT2D eigenvalue weighted by atomic mass is 10.1. The Balaban J connectivity index is 2.15. The monoisotopic (exact) mass is 270 g/mol. The van der Waals surface area contributed by atoms with Crippen molar-refractivity contribution < 1.29 is 9.13 Å². The lowest BCUT2D eigenvalue weighted by Gasteiger charge is -2.12. The number of ether oxygens (including phenoxy) is 1. The van der Waals surface area contributed by atoms with Crippen molar-refractivity contribution in [2.24, 2.45) is 0 Å². The van der Waals surface area contributed by atoms with Gasteiger partial charge in [-0.3, -0.25) is 0 Å². The zero-order chi connectivity index (χ0) is 14.4. The Hall–Kier alpha value is -2.54. The van der Waals surface area contributed by atoms with Crippen molar-refractivity contribution in [2.45, 2.75) is 13.5 Å². The molecule has 0 spiro atoms. The van der Waals surface area contributed by atoms with Gasteiger partial charge in [-0.2, -0.15) is 5.26 Å². The van der Waals surface area contributed by atoms with Crippen LogP contribution in [0, 0.1) is 17.1 Å². The predicted octanol–water partition coefficient (Wildman–Crippen LogP) is 3.71. The first-order valence-electron chi connectivity index (χ1n) is 6.38. The topological polar surface area (TPSA) is 45.0 Å². The highest BCUT2D eigenvalue weighted by atomic mass is 19.1. The average Bonchev–Trinajstić information content (AvgIpc) is 2.48. The number of nitrogens with one attached hydrogen (secondary N) is 1. The molecule has 2 rings (SSSR count). The van der Waals surface area contributed by atoms with Gasteiger partial charge in [0.2, 0.25) is 0 Å². The van der Waals surface area contributed by atoms with Crippen LogP contribution in [-0.2, 0) is 6.54 Å². The Bertz CT molecular complexity index is 635. The highest BCUT2D eigenvalue weighted by Crippen LogP contribution is 2.24. The van der Waals surface area contributed by atoms with Crippen LogP contribution in [0.2, 0.25) is 0 Å². The molecule has 102 valence electrons. The summed E-state index contributed by atoms with van der Waals surface area (Å²) in [6.07, 6.45) is 0. The van der Waals surface area contributed by atoms with Gasteiger partial charge in [0.15, 0.2) is 0 Å². The first-order chi connectivity index (χ1) is 9.74. The summed E-state index contributed by atoms with van der Waals surface area (Å²) in [5.41, 5.74) is 1.70. The van der Waals surface area contributed by atoms with Crippen LogP contribution in [0.1, 0.15) is 18.1 Å². The Morgan fingerprint density at radius 2 is 2.05 bits per heavy atom. The highest BCUT2D eigenvalue weighted by molar-refractivity contribution is 5.56. The molecule has 4 heteroatoms. The molecule has 0 amide bonds. The molecule has 0 bridgehead atoms. The number of halogens is 1. The summed E-state index contributed by atoms with van der Waals surface area (Å²) in [6.45, 7) is 2.77. The number of benzene rings is 2. The van der Waals surface area contributed by atoms with Crippen LogP contribution in [0.15, 0.2) is 42.5 Å². The number of nitrogens with zero attached hydrogens (tertiary/aromatic N) is 1. The van der Waals surface area contributed by atoms with Crippen molar-refractivity contribution >= 4 is 5.69 Å². The van der Waals surface area contributed by atoms with Gasteiger partial charge in [-0.25, -0.2) is 4.39 Å². The fraction of sp³-hybridized carbons (Fsp3) is 0.188. The van der Waals surface area contributed by atoms with Crippen LogP contribution in [0.25, 0.3) is 0 Å². The molecule has 2 aromatic rings. The van der Waals surface area contributed by atoms with E-state index < -0.39 is 0 Å². The number of anilines is 1. The fourth-order valence-corrected chi connectivity index (χ4v) is 1.86. The van der Waals surface area contributed by atoms with Crippen molar-refractivity contribution in [3.05, 3.63) is 59.4 Å².